The number of carboxylic acids is 1. The van der Waals surface area contributed by atoms with Gasteiger partial charge in [-0.05, 0) is 17.0 Å². The van der Waals surface area contributed by atoms with Crippen molar-refractivity contribution < 1.29 is 9.90 Å². The molecule has 2 aromatic rings. The lowest BCUT2D eigenvalue weighted by molar-refractivity contribution is -0.138. The fourth-order valence-electron chi connectivity index (χ4n) is 1.40. The van der Waals surface area contributed by atoms with Gasteiger partial charge in [0, 0.05) is 18.0 Å². The van der Waals surface area contributed by atoms with Crippen molar-refractivity contribution in [3.05, 3.63) is 23.2 Å². The number of carboxylic acid groups (broad SMARTS) is 1. The third kappa shape index (κ3) is 1.51. The summed E-state index contributed by atoms with van der Waals surface area (Å²) in [5.74, 6) is -0.963. The minimum atomic E-state index is -0.963. The molecule has 0 saturated carbocycles. The molecule has 5 heteroatoms. The number of aromatic amines is 1. The first kappa shape index (κ1) is 9.23. The SMILES string of the molecule is NC(Cc1c[nH]c2sccc12)C(=O)O. The molecule has 74 valence electrons. The first-order chi connectivity index (χ1) is 6.68. The molecule has 0 spiro atoms. The van der Waals surface area contributed by atoms with E-state index in [0.717, 1.165) is 15.8 Å². The second-order valence-corrected chi connectivity index (χ2v) is 4.04. The van der Waals surface area contributed by atoms with Crippen molar-refractivity contribution in [3.8, 4) is 0 Å². The number of H-pyrrole nitrogens is 1. The largest absolute Gasteiger partial charge is 0.480 e. The molecule has 2 aromatic heterocycles. The van der Waals surface area contributed by atoms with E-state index in [1.807, 2.05) is 17.6 Å². The number of nitrogens with two attached hydrogens (primary N) is 1. The minimum absolute atomic E-state index is 0.367. The molecule has 0 aliphatic heterocycles. The predicted octanol–water partition coefficient (Wildman–Crippen LogP) is 1.18. The Labute approximate surface area is 84.4 Å². The molecular formula is C9H10N2O2S. The Balaban J connectivity index is 2.27. The Bertz CT molecular complexity index is 460. The number of fused-ring (bicyclic) bond motifs is 1. The first-order valence-corrected chi connectivity index (χ1v) is 5.08. The van der Waals surface area contributed by atoms with Crippen LogP contribution in [0.5, 0.6) is 0 Å². The summed E-state index contributed by atoms with van der Waals surface area (Å²) in [6.07, 6.45) is 2.19. The standard InChI is InChI=1S/C9H10N2O2S/c10-7(9(12)13)3-5-4-11-8-6(5)1-2-14-8/h1-2,4,7,11H,3,10H2,(H,12,13). The molecule has 0 aliphatic rings. The molecule has 2 heterocycles. The van der Waals surface area contributed by atoms with E-state index >= 15 is 0 Å². The second kappa shape index (κ2) is 3.43. The van der Waals surface area contributed by atoms with Crippen LogP contribution in [-0.4, -0.2) is 22.1 Å². The number of hydrogen-bond acceptors (Lipinski definition) is 3. The van der Waals surface area contributed by atoms with E-state index in [2.05, 4.69) is 4.98 Å². The number of aliphatic carboxylic acids is 1. The van der Waals surface area contributed by atoms with Crippen molar-refractivity contribution in [2.24, 2.45) is 5.73 Å². The van der Waals surface area contributed by atoms with Gasteiger partial charge in [0.15, 0.2) is 0 Å². The Morgan fingerprint density at radius 1 is 1.71 bits per heavy atom. The molecule has 0 aliphatic carbocycles. The number of hydrogen-bond donors (Lipinski definition) is 3. The maximum atomic E-state index is 10.6. The van der Waals surface area contributed by atoms with Gasteiger partial charge in [-0.15, -0.1) is 11.3 Å². The van der Waals surface area contributed by atoms with E-state index in [1.54, 1.807) is 11.3 Å². The summed E-state index contributed by atoms with van der Waals surface area (Å²) < 4.78 is 0. The molecule has 0 radical (unpaired) electrons. The summed E-state index contributed by atoms with van der Waals surface area (Å²) in [6.45, 7) is 0. The summed E-state index contributed by atoms with van der Waals surface area (Å²) in [5.41, 5.74) is 6.43. The highest BCUT2D eigenvalue weighted by Crippen LogP contribution is 2.23. The monoisotopic (exact) mass is 210 g/mol. The highest BCUT2D eigenvalue weighted by atomic mass is 32.1. The van der Waals surface area contributed by atoms with Crippen LogP contribution in [0.2, 0.25) is 0 Å². The lowest BCUT2D eigenvalue weighted by Crippen LogP contribution is -2.32. The maximum Gasteiger partial charge on any atom is 0.320 e. The van der Waals surface area contributed by atoms with Crippen LogP contribution in [0.25, 0.3) is 10.2 Å². The number of nitrogens with one attached hydrogen (secondary N) is 1. The highest BCUT2D eigenvalue weighted by Gasteiger charge is 2.14. The van der Waals surface area contributed by atoms with Crippen molar-refractivity contribution >= 4 is 27.5 Å². The van der Waals surface area contributed by atoms with Crippen LogP contribution in [0.15, 0.2) is 17.6 Å². The third-order valence-corrected chi connectivity index (χ3v) is 2.99. The van der Waals surface area contributed by atoms with Gasteiger partial charge in [-0.3, -0.25) is 4.79 Å². The van der Waals surface area contributed by atoms with Crippen LogP contribution < -0.4 is 5.73 Å². The van der Waals surface area contributed by atoms with Crippen molar-refractivity contribution in [2.45, 2.75) is 12.5 Å². The molecule has 0 fully saturated rings. The van der Waals surface area contributed by atoms with Crippen molar-refractivity contribution in [2.75, 3.05) is 0 Å². The molecule has 4 nitrogen and oxygen atoms in total. The molecule has 1 unspecified atom stereocenters. The summed E-state index contributed by atoms with van der Waals surface area (Å²) in [6, 6.07) is 1.15. The van der Waals surface area contributed by atoms with E-state index in [4.69, 9.17) is 10.8 Å². The molecule has 0 saturated heterocycles. The number of aromatic nitrogens is 1. The molecule has 0 bridgehead atoms. The topological polar surface area (TPSA) is 79.1 Å². The summed E-state index contributed by atoms with van der Waals surface area (Å²) in [7, 11) is 0. The van der Waals surface area contributed by atoms with Crippen LogP contribution in [0.1, 0.15) is 5.56 Å². The van der Waals surface area contributed by atoms with Gasteiger partial charge in [0.1, 0.15) is 6.04 Å². The van der Waals surface area contributed by atoms with E-state index in [1.165, 1.54) is 0 Å². The average Bonchev–Trinajstić information content (AvgIpc) is 2.69. The summed E-state index contributed by atoms with van der Waals surface area (Å²) in [4.78, 5) is 14.7. The van der Waals surface area contributed by atoms with Gasteiger partial charge >= 0.3 is 5.97 Å². The Morgan fingerprint density at radius 3 is 3.21 bits per heavy atom. The smallest absolute Gasteiger partial charge is 0.320 e. The Kier molecular flexibility index (Phi) is 2.26. The normalized spacial score (nSPS) is 13.2. The molecule has 4 N–H and O–H groups in total. The van der Waals surface area contributed by atoms with E-state index in [9.17, 15) is 4.79 Å². The van der Waals surface area contributed by atoms with Crippen LogP contribution in [0.3, 0.4) is 0 Å². The quantitative estimate of drug-likeness (QED) is 0.711. The van der Waals surface area contributed by atoms with E-state index in [-0.39, 0.29) is 0 Å². The second-order valence-electron chi connectivity index (χ2n) is 3.13. The molecule has 0 aromatic carbocycles. The van der Waals surface area contributed by atoms with Gasteiger partial charge in [0.05, 0.1) is 4.83 Å². The van der Waals surface area contributed by atoms with Gasteiger partial charge in [0.2, 0.25) is 0 Å². The molecule has 14 heavy (non-hydrogen) atoms. The Morgan fingerprint density at radius 2 is 2.50 bits per heavy atom. The van der Waals surface area contributed by atoms with E-state index in [0.29, 0.717) is 6.42 Å². The number of carbonyl (C=O) groups is 1. The fraction of sp³-hybridized carbons (Fsp3) is 0.222. The zero-order valence-electron chi connectivity index (χ0n) is 7.36. The summed E-state index contributed by atoms with van der Waals surface area (Å²) in [5, 5.41) is 11.7. The zero-order valence-corrected chi connectivity index (χ0v) is 8.17. The van der Waals surface area contributed by atoms with Crippen LogP contribution >= 0.6 is 11.3 Å². The fourth-order valence-corrected chi connectivity index (χ4v) is 2.19. The van der Waals surface area contributed by atoms with Gasteiger partial charge in [0.25, 0.3) is 0 Å². The maximum absolute atomic E-state index is 10.6. The van der Waals surface area contributed by atoms with Crippen LogP contribution in [-0.2, 0) is 11.2 Å². The minimum Gasteiger partial charge on any atom is -0.480 e. The lowest BCUT2D eigenvalue weighted by Gasteiger charge is -2.03. The van der Waals surface area contributed by atoms with Crippen molar-refractivity contribution in [1.29, 1.82) is 0 Å². The Hall–Kier alpha value is -1.33. The lowest BCUT2D eigenvalue weighted by atomic mass is 10.1. The van der Waals surface area contributed by atoms with Gasteiger partial charge < -0.3 is 15.8 Å². The third-order valence-electron chi connectivity index (χ3n) is 2.15. The van der Waals surface area contributed by atoms with Crippen molar-refractivity contribution in [3.63, 3.8) is 0 Å². The predicted molar refractivity (Wildman–Crippen MR) is 55.5 cm³/mol. The zero-order chi connectivity index (χ0) is 10.1. The first-order valence-electron chi connectivity index (χ1n) is 4.20. The van der Waals surface area contributed by atoms with E-state index < -0.39 is 12.0 Å². The summed E-state index contributed by atoms with van der Waals surface area (Å²) >= 11 is 1.60. The van der Waals surface area contributed by atoms with Crippen LogP contribution in [0.4, 0.5) is 0 Å². The highest BCUT2D eigenvalue weighted by molar-refractivity contribution is 7.16. The van der Waals surface area contributed by atoms with Gasteiger partial charge in [-0.2, -0.15) is 0 Å². The number of thiophene rings is 1. The molecular weight excluding hydrogens is 200 g/mol. The van der Waals surface area contributed by atoms with Gasteiger partial charge in [-0.25, -0.2) is 0 Å². The molecule has 1 atom stereocenters. The van der Waals surface area contributed by atoms with Gasteiger partial charge in [-0.1, -0.05) is 0 Å². The molecule has 2 rings (SSSR count). The van der Waals surface area contributed by atoms with Crippen LogP contribution in [0, 0.1) is 0 Å². The number of rotatable bonds is 3. The molecule has 0 amide bonds. The van der Waals surface area contributed by atoms with Crippen molar-refractivity contribution in [1.82, 2.24) is 4.98 Å². The average molecular weight is 210 g/mol.